The Hall–Kier alpha value is -2.08. The molecule has 0 aromatic heterocycles. The molecule has 112 valence electrons. The number of carbonyl (C=O) groups is 2. The van der Waals surface area contributed by atoms with Crippen molar-refractivity contribution in [3.63, 3.8) is 0 Å². The zero-order valence-electron chi connectivity index (χ0n) is 11.9. The summed E-state index contributed by atoms with van der Waals surface area (Å²) in [5.74, 6) is 0.261. The summed E-state index contributed by atoms with van der Waals surface area (Å²) >= 11 is 5.94. The van der Waals surface area contributed by atoms with Crippen LogP contribution in [0.3, 0.4) is 0 Å². The normalized spacial score (nSPS) is 14.7. The smallest absolute Gasteiger partial charge is 0.267 e. The van der Waals surface area contributed by atoms with Crippen LogP contribution in [0.2, 0.25) is 5.02 Å². The predicted molar refractivity (Wildman–Crippen MR) is 79.3 cm³/mol. The number of methoxy groups -OCH3 is 1. The minimum absolute atomic E-state index is 0.0944. The van der Waals surface area contributed by atoms with E-state index in [-0.39, 0.29) is 18.4 Å². The molecule has 0 bridgehead atoms. The van der Waals surface area contributed by atoms with Crippen molar-refractivity contribution in [2.24, 2.45) is 5.10 Å². The first-order valence-corrected chi connectivity index (χ1v) is 6.83. The van der Waals surface area contributed by atoms with Crippen molar-refractivity contribution in [2.45, 2.75) is 19.4 Å². The molecule has 1 aromatic carbocycles. The second-order valence-corrected chi connectivity index (χ2v) is 5.04. The number of nitrogens with zero attached hydrogens (tertiary/aromatic N) is 2. The molecule has 21 heavy (non-hydrogen) atoms. The van der Waals surface area contributed by atoms with Crippen molar-refractivity contribution in [1.82, 2.24) is 10.3 Å². The molecular weight excluding hydrogens is 294 g/mol. The van der Waals surface area contributed by atoms with E-state index in [1.807, 2.05) is 0 Å². The van der Waals surface area contributed by atoms with Crippen LogP contribution in [0.5, 0.6) is 5.75 Å². The van der Waals surface area contributed by atoms with Crippen LogP contribution in [0.4, 0.5) is 0 Å². The topological polar surface area (TPSA) is 71.0 Å². The zero-order valence-corrected chi connectivity index (χ0v) is 12.6. The van der Waals surface area contributed by atoms with Gasteiger partial charge in [0.1, 0.15) is 11.5 Å². The van der Waals surface area contributed by atoms with Gasteiger partial charge in [-0.05, 0) is 18.2 Å². The highest BCUT2D eigenvalue weighted by atomic mass is 35.5. The second kappa shape index (κ2) is 6.58. The van der Waals surface area contributed by atoms with Gasteiger partial charge in [0.05, 0.1) is 7.11 Å². The van der Waals surface area contributed by atoms with Gasteiger partial charge in [-0.25, -0.2) is 5.01 Å². The number of amides is 2. The van der Waals surface area contributed by atoms with Crippen molar-refractivity contribution < 1.29 is 14.3 Å². The van der Waals surface area contributed by atoms with Crippen molar-refractivity contribution in [1.29, 1.82) is 0 Å². The Morgan fingerprint density at radius 2 is 2.24 bits per heavy atom. The Balaban J connectivity index is 2.03. The van der Waals surface area contributed by atoms with E-state index >= 15 is 0 Å². The Labute approximate surface area is 127 Å². The van der Waals surface area contributed by atoms with E-state index in [1.165, 1.54) is 12.1 Å². The van der Waals surface area contributed by atoms with Crippen molar-refractivity contribution in [3.05, 3.63) is 28.8 Å². The average molecular weight is 310 g/mol. The van der Waals surface area contributed by atoms with E-state index in [0.29, 0.717) is 29.3 Å². The van der Waals surface area contributed by atoms with Gasteiger partial charge < -0.3 is 10.1 Å². The number of ether oxygens (including phenoxy) is 1. The molecule has 0 saturated carbocycles. The number of carbonyl (C=O) groups excluding carboxylic acids is 2. The average Bonchev–Trinajstić information content (AvgIpc) is 2.47. The summed E-state index contributed by atoms with van der Waals surface area (Å²) in [7, 11) is 3.09. The highest BCUT2D eigenvalue weighted by Crippen LogP contribution is 2.22. The van der Waals surface area contributed by atoms with Crippen LogP contribution in [0.15, 0.2) is 23.3 Å². The van der Waals surface area contributed by atoms with Gasteiger partial charge in [0.15, 0.2) is 0 Å². The molecule has 7 heteroatoms. The highest BCUT2D eigenvalue weighted by Gasteiger charge is 2.21. The summed E-state index contributed by atoms with van der Waals surface area (Å²) in [5.41, 5.74) is 1.12. The van der Waals surface area contributed by atoms with Gasteiger partial charge in [0.25, 0.3) is 5.91 Å². The fourth-order valence-corrected chi connectivity index (χ4v) is 2.19. The van der Waals surface area contributed by atoms with Gasteiger partial charge in [0, 0.05) is 37.0 Å². The first-order valence-electron chi connectivity index (χ1n) is 6.46. The van der Waals surface area contributed by atoms with Gasteiger partial charge in [-0.15, -0.1) is 0 Å². The predicted octanol–water partition coefficient (Wildman–Crippen LogP) is 1.57. The molecule has 1 heterocycles. The third-order valence-corrected chi connectivity index (χ3v) is 3.39. The molecule has 1 aromatic rings. The first kappa shape index (κ1) is 15.3. The first-order chi connectivity index (χ1) is 10.0. The minimum Gasteiger partial charge on any atom is -0.496 e. The second-order valence-electron chi connectivity index (χ2n) is 4.60. The fraction of sp³-hybridized carbons (Fsp3) is 0.357. The third kappa shape index (κ3) is 3.72. The SMILES string of the molecule is COc1ccc(Cl)cc1CNC(=O)C1=NN(C)C(=O)CC1. The molecule has 0 spiro atoms. The van der Waals surface area contributed by atoms with Crippen molar-refractivity contribution in [2.75, 3.05) is 14.2 Å². The van der Waals surface area contributed by atoms with Crippen molar-refractivity contribution >= 4 is 29.1 Å². The van der Waals surface area contributed by atoms with Crippen LogP contribution in [-0.4, -0.2) is 36.7 Å². The van der Waals surface area contributed by atoms with Gasteiger partial charge in [-0.3, -0.25) is 9.59 Å². The van der Waals surface area contributed by atoms with Gasteiger partial charge >= 0.3 is 0 Å². The molecule has 1 aliphatic rings. The van der Waals surface area contributed by atoms with E-state index < -0.39 is 0 Å². The summed E-state index contributed by atoms with van der Waals surface area (Å²) in [4.78, 5) is 23.4. The van der Waals surface area contributed by atoms with E-state index in [0.717, 1.165) is 5.56 Å². The lowest BCUT2D eigenvalue weighted by Gasteiger charge is -2.19. The van der Waals surface area contributed by atoms with E-state index in [1.54, 1.807) is 25.3 Å². The Bertz CT molecular complexity index is 601. The number of halogens is 1. The van der Waals surface area contributed by atoms with Crippen LogP contribution in [0.1, 0.15) is 18.4 Å². The van der Waals surface area contributed by atoms with E-state index in [9.17, 15) is 9.59 Å². The van der Waals surface area contributed by atoms with Gasteiger partial charge in [-0.2, -0.15) is 5.10 Å². The largest absolute Gasteiger partial charge is 0.496 e. The van der Waals surface area contributed by atoms with Crippen LogP contribution < -0.4 is 10.1 Å². The minimum atomic E-state index is -0.295. The van der Waals surface area contributed by atoms with Crippen LogP contribution >= 0.6 is 11.6 Å². The number of benzene rings is 1. The van der Waals surface area contributed by atoms with Crippen LogP contribution in [0.25, 0.3) is 0 Å². The summed E-state index contributed by atoms with van der Waals surface area (Å²) in [6.45, 7) is 0.277. The summed E-state index contributed by atoms with van der Waals surface area (Å²) in [5, 5.41) is 8.49. The number of hydrogen-bond donors (Lipinski definition) is 1. The monoisotopic (exact) mass is 309 g/mol. The van der Waals surface area contributed by atoms with Crippen molar-refractivity contribution in [3.8, 4) is 5.75 Å². The number of rotatable bonds is 4. The molecule has 0 aliphatic carbocycles. The molecule has 1 aliphatic heterocycles. The number of hydrogen-bond acceptors (Lipinski definition) is 4. The molecular formula is C14H16ClN3O3. The van der Waals surface area contributed by atoms with E-state index in [2.05, 4.69) is 10.4 Å². The maximum absolute atomic E-state index is 12.1. The van der Waals surface area contributed by atoms with Gasteiger partial charge in [0.2, 0.25) is 5.91 Å². The van der Waals surface area contributed by atoms with Gasteiger partial charge in [-0.1, -0.05) is 11.6 Å². The molecule has 2 amide bonds. The lowest BCUT2D eigenvalue weighted by molar-refractivity contribution is -0.130. The van der Waals surface area contributed by atoms with E-state index in [4.69, 9.17) is 16.3 Å². The molecule has 0 fully saturated rings. The summed E-state index contributed by atoms with van der Waals surface area (Å²) in [6.07, 6.45) is 0.644. The quantitative estimate of drug-likeness (QED) is 0.918. The Morgan fingerprint density at radius 1 is 1.48 bits per heavy atom. The molecule has 1 N–H and O–H groups in total. The molecule has 2 rings (SSSR count). The lowest BCUT2D eigenvalue weighted by Crippen LogP contribution is -2.37. The standard InChI is InChI=1S/C14H16ClN3O3/c1-18-13(19)6-4-11(17-18)14(20)16-8-9-7-10(15)3-5-12(9)21-2/h3,5,7H,4,6,8H2,1-2H3,(H,16,20). The highest BCUT2D eigenvalue weighted by molar-refractivity contribution is 6.39. The maximum atomic E-state index is 12.1. The number of hydrazone groups is 1. The molecule has 0 saturated heterocycles. The molecule has 0 unspecified atom stereocenters. The fourth-order valence-electron chi connectivity index (χ4n) is 2.00. The summed E-state index contributed by atoms with van der Waals surface area (Å²) < 4.78 is 5.22. The van der Waals surface area contributed by atoms with Crippen LogP contribution in [0, 0.1) is 0 Å². The van der Waals surface area contributed by atoms with Crippen LogP contribution in [-0.2, 0) is 16.1 Å². The summed E-state index contributed by atoms with van der Waals surface area (Å²) in [6, 6.07) is 5.20. The third-order valence-electron chi connectivity index (χ3n) is 3.15. The Kier molecular flexibility index (Phi) is 4.80. The zero-order chi connectivity index (χ0) is 15.4. The lowest BCUT2D eigenvalue weighted by atomic mass is 10.1. The number of nitrogens with one attached hydrogen (secondary N) is 1. The maximum Gasteiger partial charge on any atom is 0.267 e. The Morgan fingerprint density at radius 3 is 2.90 bits per heavy atom. The molecule has 0 atom stereocenters. The molecule has 0 radical (unpaired) electrons. The molecule has 6 nitrogen and oxygen atoms in total.